The molecule has 1 atom stereocenters. The highest BCUT2D eigenvalue weighted by Crippen LogP contribution is 2.31. The Bertz CT molecular complexity index is 387. The fourth-order valence-electron chi connectivity index (χ4n) is 2.64. The molecule has 2 rings (SSSR count). The van der Waals surface area contributed by atoms with Gasteiger partial charge in [-0.05, 0) is 6.42 Å². The van der Waals surface area contributed by atoms with Crippen LogP contribution in [0.15, 0.2) is 0 Å². The van der Waals surface area contributed by atoms with Crippen molar-refractivity contribution in [3.63, 3.8) is 0 Å². The highest BCUT2D eigenvalue weighted by Gasteiger charge is 2.35. The minimum Gasteiger partial charge on any atom is -0.377 e. The molecule has 0 radical (unpaired) electrons. The quantitative estimate of drug-likeness (QED) is 0.724. The van der Waals surface area contributed by atoms with Crippen molar-refractivity contribution >= 4 is 23.6 Å². The van der Waals surface area contributed by atoms with Gasteiger partial charge in [0.05, 0.1) is 13.2 Å². The van der Waals surface area contributed by atoms with Crippen LogP contribution in [0.1, 0.15) is 27.2 Å². The number of rotatable bonds is 1. The summed E-state index contributed by atoms with van der Waals surface area (Å²) in [5, 5.41) is 0. The molecule has 2 aliphatic heterocycles. The van der Waals surface area contributed by atoms with Gasteiger partial charge in [-0.15, -0.1) is 0 Å². The molecule has 0 aromatic rings. The molecule has 0 aromatic heterocycles. The summed E-state index contributed by atoms with van der Waals surface area (Å²) < 4.78 is 5.62. The second-order valence-electron chi connectivity index (χ2n) is 5.99. The number of morpholine rings is 1. The van der Waals surface area contributed by atoms with Crippen LogP contribution in [-0.4, -0.2) is 71.0 Å². The van der Waals surface area contributed by atoms with Crippen molar-refractivity contribution in [1.29, 1.82) is 0 Å². The van der Waals surface area contributed by atoms with Gasteiger partial charge in [-0.1, -0.05) is 13.8 Å². The number of carbonyl (C=O) groups excluding carboxylic acids is 2. The SMILES string of the molecule is CC(=O)N1CCOCC1C(=O)N1CCSC(C)(C)CC1. The molecule has 2 fully saturated rings. The van der Waals surface area contributed by atoms with E-state index in [1.807, 2.05) is 16.7 Å². The average Bonchev–Trinajstić information content (AvgIpc) is 2.59. The predicted octanol–water partition coefficient (Wildman–Crippen LogP) is 0.978. The first-order valence-corrected chi connectivity index (χ1v) is 8.17. The summed E-state index contributed by atoms with van der Waals surface area (Å²) in [5.74, 6) is 0.946. The first-order chi connectivity index (χ1) is 9.41. The van der Waals surface area contributed by atoms with Crippen LogP contribution < -0.4 is 0 Å². The van der Waals surface area contributed by atoms with Crippen LogP contribution in [0.4, 0.5) is 0 Å². The van der Waals surface area contributed by atoms with Crippen molar-refractivity contribution in [1.82, 2.24) is 9.80 Å². The lowest BCUT2D eigenvalue weighted by molar-refractivity contribution is -0.152. The van der Waals surface area contributed by atoms with Crippen molar-refractivity contribution in [2.75, 3.05) is 38.6 Å². The van der Waals surface area contributed by atoms with Crippen molar-refractivity contribution in [3.05, 3.63) is 0 Å². The number of hydrogen-bond donors (Lipinski definition) is 0. The topological polar surface area (TPSA) is 49.9 Å². The standard InChI is InChI=1S/C14H24N2O3S/c1-11(17)16-6-8-19-10-12(16)13(18)15-5-4-14(2,3)20-9-7-15/h12H,4-10H2,1-3H3. The summed E-state index contributed by atoms with van der Waals surface area (Å²) in [7, 11) is 0. The van der Waals surface area contributed by atoms with Gasteiger partial charge < -0.3 is 14.5 Å². The van der Waals surface area contributed by atoms with E-state index in [2.05, 4.69) is 13.8 Å². The molecule has 0 bridgehead atoms. The molecule has 0 N–H and O–H groups in total. The van der Waals surface area contributed by atoms with Gasteiger partial charge in [-0.25, -0.2) is 0 Å². The number of nitrogens with zero attached hydrogens (tertiary/aromatic N) is 2. The Labute approximate surface area is 125 Å². The molecule has 0 saturated carbocycles. The Morgan fingerprint density at radius 2 is 2.00 bits per heavy atom. The van der Waals surface area contributed by atoms with Crippen molar-refractivity contribution in [2.45, 2.75) is 38.0 Å². The summed E-state index contributed by atoms with van der Waals surface area (Å²) in [4.78, 5) is 27.9. The number of hydrogen-bond acceptors (Lipinski definition) is 4. The Kier molecular flexibility index (Phi) is 4.96. The molecule has 0 aromatic carbocycles. The molecule has 5 nitrogen and oxygen atoms in total. The third-order valence-corrected chi connectivity index (χ3v) is 5.34. The van der Waals surface area contributed by atoms with Gasteiger partial charge in [0.1, 0.15) is 6.04 Å². The smallest absolute Gasteiger partial charge is 0.247 e. The molecule has 0 spiro atoms. The average molecular weight is 300 g/mol. The molecule has 1 unspecified atom stereocenters. The molecule has 20 heavy (non-hydrogen) atoms. The zero-order valence-electron chi connectivity index (χ0n) is 12.6. The van der Waals surface area contributed by atoms with Gasteiger partial charge >= 0.3 is 0 Å². The van der Waals surface area contributed by atoms with Crippen LogP contribution in [0, 0.1) is 0 Å². The van der Waals surface area contributed by atoms with E-state index in [1.165, 1.54) is 6.92 Å². The molecule has 0 aliphatic carbocycles. The van der Waals surface area contributed by atoms with Gasteiger partial charge in [0, 0.05) is 37.1 Å². The Morgan fingerprint density at radius 1 is 1.25 bits per heavy atom. The fourth-order valence-corrected chi connectivity index (χ4v) is 3.74. The third-order valence-electron chi connectivity index (χ3n) is 3.97. The Morgan fingerprint density at radius 3 is 2.70 bits per heavy atom. The molecule has 2 saturated heterocycles. The van der Waals surface area contributed by atoms with Crippen LogP contribution in [0.3, 0.4) is 0 Å². The zero-order chi connectivity index (χ0) is 14.8. The first-order valence-electron chi connectivity index (χ1n) is 7.18. The third kappa shape index (κ3) is 3.67. The summed E-state index contributed by atoms with van der Waals surface area (Å²) in [5.41, 5.74) is 0. The molecule has 2 aliphatic rings. The Hall–Kier alpha value is -0.750. The van der Waals surface area contributed by atoms with Gasteiger partial charge in [-0.3, -0.25) is 9.59 Å². The number of amides is 2. The van der Waals surface area contributed by atoms with Crippen LogP contribution in [0.2, 0.25) is 0 Å². The van der Waals surface area contributed by atoms with E-state index in [0.717, 1.165) is 25.3 Å². The molecule has 6 heteroatoms. The van der Waals surface area contributed by atoms with E-state index in [0.29, 0.717) is 19.8 Å². The minimum atomic E-state index is -0.438. The summed E-state index contributed by atoms with van der Waals surface area (Å²) in [6, 6.07) is -0.438. The van der Waals surface area contributed by atoms with E-state index in [1.54, 1.807) is 4.90 Å². The predicted molar refractivity (Wildman–Crippen MR) is 79.7 cm³/mol. The largest absolute Gasteiger partial charge is 0.377 e. The first kappa shape index (κ1) is 15.6. The molecule has 114 valence electrons. The van der Waals surface area contributed by atoms with Crippen LogP contribution in [0.25, 0.3) is 0 Å². The zero-order valence-corrected chi connectivity index (χ0v) is 13.4. The van der Waals surface area contributed by atoms with Gasteiger partial charge in [0.25, 0.3) is 0 Å². The van der Waals surface area contributed by atoms with E-state index in [4.69, 9.17) is 4.74 Å². The van der Waals surface area contributed by atoms with Crippen molar-refractivity contribution < 1.29 is 14.3 Å². The molecule has 2 heterocycles. The number of thioether (sulfide) groups is 1. The molecule has 2 amide bonds. The normalized spacial score (nSPS) is 27.1. The fraction of sp³-hybridized carbons (Fsp3) is 0.857. The van der Waals surface area contributed by atoms with Gasteiger partial charge in [0.15, 0.2) is 0 Å². The van der Waals surface area contributed by atoms with E-state index in [9.17, 15) is 9.59 Å². The maximum absolute atomic E-state index is 12.7. The van der Waals surface area contributed by atoms with E-state index in [-0.39, 0.29) is 16.6 Å². The summed E-state index contributed by atoms with van der Waals surface area (Å²) >= 11 is 1.91. The number of carbonyl (C=O) groups is 2. The second-order valence-corrected chi connectivity index (χ2v) is 7.79. The highest BCUT2D eigenvalue weighted by molar-refractivity contribution is 8.00. The van der Waals surface area contributed by atoms with Crippen molar-refractivity contribution in [2.24, 2.45) is 0 Å². The van der Waals surface area contributed by atoms with E-state index < -0.39 is 6.04 Å². The summed E-state index contributed by atoms with van der Waals surface area (Å²) in [6.07, 6.45) is 0.983. The highest BCUT2D eigenvalue weighted by atomic mass is 32.2. The summed E-state index contributed by atoms with van der Waals surface area (Å²) in [6.45, 7) is 8.84. The number of ether oxygens (including phenoxy) is 1. The lowest BCUT2D eigenvalue weighted by Gasteiger charge is -2.36. The van der Waals surface area contributed by atoms with Crippen molar-refractivity contribution in [3.8, 4) is 0 Å². The lowest BCUT2D eigenvalue weighted by Crippen LogP contribution is -2.56. The maximum Gasteiger partial charge on any atom is 0.247 e. The monoisotopic (exact) mass is 300 g/mol. The minimum absolute atomic E-state index is 0.0400. The second kappa shape index (κ2) is 6.35. The van der Waals surface area contributed by atoms with Gasteiger partial charge in [0.2, 0.25) is 11.8 Å². The van der Waals surface area contributed by atoms with Crippen LogP contribution in [-0.2, 0) is 14.3 Å². The lowest BCUT2D eigenvalue weighted by atomic mass is 10.1. The Balaban J connectivity index is 2.03. The molecular formula is C14H24N2O3S. The maximum atomic E-state index is 12.7. The van der Waals surface area contributed by atoms with Crippen LogP contribution >= 0.6 is 11.8 Å². The molecular weight excluding hydrogens is 276 g/mol. The van der Waals surface area contributed by atoms with E-state index >= 15 is 0 Å². The van der Waals surface area contributed by atoms with Crippen LogP contribution in [0.5, 0.6) is 0 Å². The van der Waals surface area contributed by atoms with Gasteiger partial charge in [-0.2, -0.15) is 11.8 Å².